The van der Waals surface area contributed by atoms with Crippen LogP contribution in [0.3, 0.4) is 0 Å². The summed E-state index contributed by atoms with van der Waals surface area (Å²) < 4.78 is 6.50. The van der Waals surface area contributed by atoms with Crippen molar-refractivity contribution < 1.29 is 30.9 Å². The number of nitrogens with zero attached hydrogens (tertiary/aromatic N) is 4. The Labute approximate surface area is 297 Å². The average Bonchev–Trinajstić information content (AvgIpc) is 3.39. The Kier molecular flexibility index (Phi) is 9.18. The molecule has 1 aliphatic rings. The molecule has 6 aromatic rings. The molecule has 1 N–H and O–H groups in total. The molecule has 0 atom stereocenters. The van der Waals surface area contributed by atoms with Gasteiger partial charge in [-0.1, -0.05) is 92.2 Å². The summed E-state index contributed by atoms with van der Waals surface area (Å²) in [6.45, 7) is 10.7. The van der Waals surface area contributed by atoms with Gasteiger partial charge in [-0.25, -0.2) is 9.97 Å². The van der Waals surface area contributed by atoms with Crippen molar-refractivity contribution in [2.24, 2.45) is 0 Å². The second-order valence-electron chi connectivity index (χ2n) is 12.9. The Hall–Kier alpha value is -4.87. The van der Waals surface area contributed by atoms with E-state index in [-0.39, 0.29) is 39.2 Å². The van der Waals surface area contributed by atoms with E-state index < -0.39 is 0 Å². The number of aromatic nitrogens is 2. The second-order valence-corrected chi connectivity index (χ2v) is 12.9. The van der Waals surface area contributed by atoms with E-state index in [1.807, 2.05) is 54.7 Å². The SMILES string of the molecule is Cc1cccc(C)c1B1N(c2ccccc2)c2cccnc2N1c1[c-]c(Oc2cccc(-c3ccccc3O)n2)cc(C(C)(C)C)c1.[Pt]. The molecule has 8 heteroatoms. The van der Waals surface area contributed by atoms with Crippen LogP contribution in [0.25, 0.3) is 11.3 Å². The summed E-state index contributed by atoms with van der Waals surface area (Å²) in [7, 11) is 0. The quantitative estimate of drug-likeness (QED) is 0.134. The number of phenols is 1. The molecule has 6 nitrogen and oxygen atoms in total. The largest absolute Gasteiger partial charge is 0.507 e. The van der Waals surface area contributed by atoms with E-state index in [2.05, 4.69) is 105 Å². The average molecular weight is 811 g/mol. The van der Waals surface area contributed by atoms with E-state index in [9.17, 15) is 5.11 Å². The van der Waals surface area contributed by atoms with E-state index in [0.29, 0.717) is 22.9 Å². The third-order valence-electron chi connectivity index (χ3n) is 8.65. The van der Waals surface area contributed by atoms with E-state index >= 15 is 0 Å². The van der Waals surface area contributed by atoms with Crippen molar-refractivity contribution in [3.8, 4) is 28.6 Å². The summed E-state index contributed by atoms with van der Waals surface area (Å²) in [5.41, 5.74) is 8.71. The van der Waals surface area contributed by atoms with Gasteiger partial charge < -0.3 is 19.5 Å². The molecule has 2 aromatic heterocycles. The molecule has 1 aliphatic heterocycles. The molecule has 0 bridgehead atoms. The molecule has 3 heterocycles. The van der Waals surface area contributed by atoms with Gasteiger partial charge in [-0.05, 0) is 67.2 Å². The Balaban J connectivity index is 0.00000401. The molecule has 0 saturated heterocycles. The molecule has 4 aromatic carbocycles. The number of rotatable bonds is 6. The van der Waals surface area contributed by atoms with E-state index in [1.54, 1.807) is 12.1 Å². The van der Waals surface area contributed by atoms with Gasteiger partial charge in [-0.15, -0.1) is 23.8 Å². The maximum absolute atomic E-state index is 10.5. The number of hydrogen-bond acceptors (Lipinski definition) is 6. The van der Waals surface area contributed by atoms with Crippen LogP contribution in [0.1, 0.15) is 37.5 Å². The van der Waals surface area contributed by atoms with Crippen LogP contribution in [0.2, 0.25) is 0 Å². The van der Waals surface area contributed by atoms with Gasteiger partial charge in [0.2, 0.25) is 5.88 Å². The summed E-state index contributed by atoms with van der Waals surface area (Å²) in [6, 6.07) is 41.7. The number of anilines is 4. The number of benzene rings is 4. The van der Waals surface area contributed by atoms with Gasteiger partial charge in [0.15, 0.2) is 0 Å². The van der Waals surface area contributed by atoms with Crippen LogP contribution in [0.4, 0.5) is 22.9 Å². The fourth-order valence-electron chi connectivity index (χ4n) is 6.30. The molecule has 0 radical (unpaired) electrons. The summed E-state index contributed by atoms with van der Waals surface area (Å²) in [6.07, 6.45) is 1.85. The van der Waals surface area contributed by atoms with Crippen LogP contribution in [0.5, 0.6) is 17.4 Å². The molecule has 0 aliphatic carbocycles. The molecule has 0 unspecified atom stereocenters. The molecular formula is C40H36BN4O2Pt-. The van der Waals surface area contributed by atoms with E-state index in [1.165, 1.54) is 16.6 Å². The third kappa shape index (κ3) is 6.23. The zero-order chi connectivity index (χ0) is 32.7. The number of para-hydroxylation sites is 2. The first-order chi connectivity index (χ1) is 22.7. The predicted molar refractivity (Wildman–Crippen MR) is 192 cm³/mol. The van der Waals surface area contributed by atoms with E-state index in [0.717, 1.165) is 28.4 Å². The monoisotopic (exact) mass is 810 g/mol. The third-order valence-corrected chi connectivity index (χ3v) is 8.65. The van der Waals surface area contributed by atoms with Gasteiger partial charge in [0.25, 0.3) is 0 Å². The zero-order valence-electron chi connectivity index (χ0n) is 27.6. The topological polar surface area (TPSA) is 61.7 Å². The Morgan fingerprint density at radius 1 is 0.771 bits per heavy atom. The Morgan fingerprint density at radius 2 is 1.48 bits per heavy atom. The predicted octanol–water partition coefficient (Wildman–Crippen LogP) is 9.04. The van der Waals surface area contributed by atoms with Crippen molar-refractivity contribution in [2.75, 3.05) is 9.62 Å². The van der Waals surface area contributed by atoms with Gasteiger partial charge in [0, 0.05) is 50.3 Å². The van der Waals surface area contributed by atoms with Crippen LogP contribution >= 0.6 is 0 Å². The van der Waals surface area contributed by atoms with Crippen LogP contribution in [0, 0.1) is 19.9 Å². The fourth-order valence-corrected chi connectivity index (χ4v) is 6.30. The second kappa shape index (κ2) is 13.3. The Morgan fingerprint density at radius 3 is 2.21 bits per heavy atom. The Bertz CT molecular complexity index is 2060. The normalized spacial score (nSPS) is 12.5. The van der Waals surface area contributed by atoms with Gasteiger partial charge in [-0.3, -0.25) is 0 Å². The first-order valence-electron chi connectivity index (χ1n) is 15.8. The first kappa shape index (κ1) is 33.1. The number of fused-ring (bicyclic) bond motifs is 1. The molecule has 242 valence electrons. The van der Waals surface area contributed by atoms with Crippen molar-refractivity contribution >= 4 is 35.3 Å². The number of phenolic OH excluding ortho intramolecular Hbond substituents is 1. The number of hydrogen-bond donors (Lipinski definition) is 1. The number of ether oxygens (including phenoxy) is 1. The molecule has 0 amide bonds. The van der Waals surface area contributed by atoms with Crippen molar-refractivity contribution in [3.05, 3.63) is 144 Å². The number of pyridine rings is 2. The van der Waals surface area contributed by atoms with Crippen LogP contribution in [-0.2, 0) is 26.5 Å². The maximum atomic E-state index is 10.5. The summed E-state index contributed by atoms with van der Waals surface area (Å²) in [5, 5.41) is 10.5. The minimum atomic E-state index is -0.231. The van der Waals surface area contributed by atoms with Crippen LogP contribution < -0.4 is 19.8 Å². The summed E-state index contributed by atoms with van der Waals surface area (Å²) in [4.78, 5) is 14.4. The number of aryl methyl sites for hydroxylation is 2. The standard InChI is InChI=1S/C40H36BN4O2.Pt/c1-27-14-11-15-28(2)38(27)41-44(30-16-7-6-8-17-30)35-20-13-23-42-39(35)45(41)31-24-29(40(3,4)5)25-32(26-31)47-37-22-12-19-34(43-37)33-18-9-10-21-36(33)46;/h6-25,46H,1-5H3;/q-1;. The zero-order valence-corrected chi connectivity index (χ0v) is 29.9. The number of aromatic hydroxyl groups is 1. The van der Waals surface area contributed by atoms with Crippen LogP contribution in [0.15, 0.2) is 121 Å². The van der Waals surface area contributed by atoms with Crippen molar-refractivity contribution in [2.45, 2.75) is 40.0 Å². The van der Waals surface area contributed by atoms with Crippen molar-refractivity contribution in [1.82, 2.24) is 9.97 Å². The molecule has 0 spiro atoms. The van der Waals surface area contributed by atoms with Gasteiger partial charge in [0.05, 0.1) is 11.4 Å². The minimum absolute atomic E-state index is 0. The van der Waals surface area contributed by atoms with Gasteiger partial charge in [0.1, 0.15) is 11.6 Å². The van der Waals surface area contributed by atoms with Gasteiger partial charge >= 0.3 is 6.98 Å². The van der Waals surface area contributed by atoms with Crippen LogP contribution in [-0.4, -0.2) is 22.1 Å². The molecule has 48 heavy (non-hydrogen) atoms. The van der Waals surface area contributed by atoms with E-state index in [4.69, 9.17) is 14.7 Å². The molecule has 0 fully saturated rings. The summed E-state index contributed by atoms with van der Waals surface area (Å²) in [5.74, 6) is 1.97. The fraction of sp³-hybridized carbons (Fsp3) is 0.150. The minimum Gasteiger partial charge on any atom is -0.507 e. The first-order valence-corrected chi connectivity index (χ1v) is 15.8. The smallest absolute Gasteiger partial charge is 0.420 e. The van der Waals surface area contributed by atoms with Crippen molar-refractivity contribution in [3.63, 3.8) is 0 Å². The molecule has 7 rings (SSSR count). The van der Waals surface area contributed by atoms with Crippen molar-refractivity contribution in [1.29, 1.82) is 0 Å². The molecule has 0 saturated carbocycles. The van der Waals surface area contributed by atoms with Gasteiger partial charge in [-0.2, -0.15) is 0 Å². The summed E-state index contributed by atoms with van der Waals surface area (Å²) >= 11 is 0. The molecular weight excluding hydrogens is 774 g/mol. The maximum Gasteiger partial charge on any atom is 0.420 e.